The maximum absolute atomic E-state index is 13.2. The molecule has 20 heavy (non-hydrogen) atoms. The van der Waals surface area contributed by atoms with E-state index in [9.17, 15) is 4.39 Å². The summed E-state index contributed by atoms with van der Waals surface area (Å²) in [7, 11) is 1.63. The minimum atomic E-state index is -0.330. The molecule has 2 aromatic rings. The van der Waals surface area contributed by atoms with Crippen molar-refractivity contribution in [2.75, 3.05) is 12.4 Å². The van der Waals surface area contributed by atoms with Crippen LogP contribution in [0.5, 0.6) is 5.75 Å². The van der Waals surface area contributed by atoms with E-state index < -0.39 is 0 Å². The molecule has 0 spiro atoms. The number of benzene rings is 1. The monoisotopic (exact) mass is 294 g/mol. The number of halogens is 2. The van der Waals surface area contributed by atoms with Gasteiger partial charge in [-0.1, -0.05) is 11.6 Å². The van der Waals surface area contributed by atoms with Crippen LogP contribution in [0, 0.1) is 19.7 Å². The summed E-state index contributed by atoms with van der Waals surface area (Å²) < 4.78 is 18.5. The van der Waals surface area contributed by atoms with E-state index in [0.717, 1.165) is 22.6 Å². The first kappa shape index (κ1) is 14.6. The third kappa shape index (κ3) is 3.02. The predicted molar refractivity (Wildman–Crippen MR) is 79.0 cm³/mol. The number of hydrogen-bond donors (Lipinski definition) is 1. The number of anilines is 1. The molecular weight excluding hydrogens is 279 g/mol. The van der Waals surface area contributed by atoms with Gasteiger partial charge in [0.05, 0.1) is 30.1 Å². The van der Waals surface area contributed by atoms with Gasteiger partial charge in [-0.05, 0) is 32.0 Å². The molecule has 0 saturated carbocycles. The molecule has 1 N–H and O–H groups in total. The zero-order valence-corrected chi connectivity index (χ0v) is 12.4. The molecule has 0 bridgehead atoms. The number of aromatic nitrogens is 1. The Morgan fingerprint density at radius 2 is 2.10 bits per heavy atom. The second kappa shape index (κ2) is 6.09. The number of ether oxygens (including phenoxy) is 1. The second-order valence-corrected chi connectivity index (χ2v) is 4.93. The van der Waals surface area contributed by atoms with Crippen LogP contribution in [0.1, 0.15) is 16.8 Å². The van der Waals surface area contributed by atoms with Gasteiger partial charge < -0.3 is 10.1 Å². The minimum Gasteiger partial charge on any atom is -0.496 e. The van der Waals surface area contributed by atoms with Crippen LogP contribution in [0.3, 0.4) is 0 Å². The Bertz CT molecular complexity index is 632. The maximum Gasteiger partial charge on any atom is 0.128 e. The molecule has 0 unspecified atom stereocenters. The fourth-order valence-corrected chi connectivity index (χ4v) is 2.25. The van der Waals surface area contributed by atoms with Crippen LogP contribution < -0.4 is 10.1 Å². The van der Waals surface area contributed by atoms with Crippen molar-refractivity contribution in [2.45, 2.75) is 20.4 Å². The van der Waals surface area contributed by atoms with Crippen LogP contribution >= 0.6 is 11.6 Å². The van der Waals surface area contributed by atoms with E-state index in [0.29, 0.717) is 17.3 Å². The maximum atomic E-state index is 13.2. The first-order chi connectivity index (χ1) is 9.52. The Hall–Kier alpha value is -1.81. The molecule has 0 aliphatic carbocycles. The number of nitrogens with one attached hydrogen (secondary N) is 1. The Labute approximate surface area is 122 Å². The standard InChI is InChI=1S/C15H16ClFN2O/c1-9-7-18-14(10(2)15(9)20-3)8-19-13-6-11(17)4-5-12(13)16/h4-7,19H,8H2,1-3H3. The number of hydrogen-bond acceptors (Lipinski definition) is 3. The van der Waals surface area contributed by atoms with Gasteiger partial charge in [0, 0.05) is 17.3 Å². The SMILES string of the molecule is COc1c(C)cnc(CNc2cc(F)ccc2Cl)c1C. The average molecular weight is 295 g/mol. The van der Waals surface area contributed by atoms with Crippen molar-refractivity contribution in [2.24, 2.45) is 0 Å². The lowest BCUT2D eigenvalue weighted by Crippen LogP contribution is -2.06. The first-order valence-electron chi connectivity index (χ1n) is 6.21. The van der Waals surface area contributed by atoms with Crippen molar-refractivity contribution in [3.8, 4) is 5.75 Å². The predicted octanol–water partition coefficient (Wildman–Crippen LogP) is 4.11. The Balaban J connectivity index is 2.21. The van der Waals surface area contributed by atoms with E-state index in [1.54, 1.807) is 13.3 Å². The molecule has 0 atom stereocenters. The van der Waals surface area contributed by atoms with Gasteiger partial charge in [-0.3, -0.25) is 4.98 Å². The highest BCUT2D eigenvalue weighted by Crippen LogP contribution is 2.26. The topological polar surface area (TPSA) is 34.1 Å². The summed E-state index contributed by atoms with van der Waals surface area (Å²) in [4.78, 5) is 4.37. The van der Waals surface area contributed by atoms with Crippen LogP contribution in [0.15, 0.2) is 24.4 Å². The van der Waals surface area contributed by atoms with Gasteiger partial charge in [0.15, 0.2) is 0 Å². The lowest BCUT2D eigenvalue weighted by molar-refractivity contribution is 0.407. The normalized spacial score (nSPS) is 10.4. The highest BCUT2D eigenvalue weighted by atomic mass is 35.5. The van der Waals surface area contributed by atoms with E-state index in [2.05, 4.69) is 10.3 Å². The third-order valence-corrected chi connectivity index (χ3v) is 3.45. The lowest BCUT2D eigenvalue weighted by atomic mass is 10.1. The van der Waals surface area contributed by atoms with Crippen molar-refractivity contribution in [1.82, 2.24) is 4.98 Å². The number of aryl methyl sites for hydroxylation is 1. The summed E-state index contributed by atoms with van der Waals surface area (Å²) in [5.41, 5.74) is 3.34. The van der Waals surface area contributed by atoms with Gasteiger partial charge in [-0.2, -0.15) is 0 Å². The zero-order valence-electron chi connectivity index (χ0n) is 11.6. The number of pyridine rings is 1. The largest absolute Gasteiger partial charge is 0.496 e. The van der Waals surface area contributed by atoms with Gasteiger partial charge >= 0.3 is 0 Å². The minimum absolute atomic E-state index is 0.330. The van der Waals surface area contributed by atoms with Crippen LogP contribution in [0.4, 0.5) is 10.1 Å². The second-order valence-electron chi connectivity index (χ2n) is 4.52. The summed E-state index contributed by atoms with van der Waals surface area (Å²) in [5, 5.41) is 3.57. The Morgan fingerprint density at radius 1 is 1.35 bits per heavy atom. The molecule has 0 saturated heterocycles. The molecule has 1 aromatic heterocycles. The van der Waals surface area contributed by atoms with Gasteiger partial charge in [0.25, 0.3) is 0 Å². The Kier molecular flexibility index (Phi) is 4.45. The van der Waals surface area contributed by atoms with Crippen molar-refractivity contribution in [3.63, 3.8) is 0 Å². The summed E-state index contributed by atoms with van der Waals surface area (Å²) >= 11 is 6.01. The fourth-order valence-electron chi connectivity index (χ4n) is 2.06. The van der Waals surface area contributed by atoms with Crippen molar-refractivity contribution < 1.29 is 9.13 Å². The first-order valence-corrected chi connectivity index (χ1v) is 6.58. The summed E-state index contributed by atoms with van der Waals surface area (Å²) in [5.74, 6) is 0.491. The van der Waals surface area contributed by atoms with Gasteiger partial charge in [0.1, 0.15) is 11.6 Å². The molecule has 0 fully saturated rings. The zero-order chi connectivity index (χ0) is 14.7. The van der Waals surface area contributed by atoms with E-state index in [-0.39, 0.29) is 5.82 Å². The molecule has 0 aliphatic heterocycles. The highest BCUT2D eigenvalue weighted by Gasteiger charge is 2.10. The smallest absolute Gasteiger partial charge is 0.128 e. The number of rotatable bonds is 4. The van der Waals surface area contributed by atoms with Crippen LogP contribution in [-0.2, 0) is 6.54 Å². The third-order valence-electron chi connectivity index (χ3n) is 3.12. The molecule has 3 nitrogen and oxygen atoms in total. The van der Waals surface area contributed by atoms with Crippen LogP contribution in [0.25, 0.3) is 0 Å². The molecule has 1 heterocycles. The average Bonchev–Trinajstić information content (AvgIpc) is 2.42. The van der Waals surface area contributed by atoms with Crippen LogP contribution in [-0.4, -0.2) is 12.1 Å². The number of nitrogens with zero attached hydrogens (tertiary/aromatic N) is 1. The van der Waals surface area contributed by atoms with Crippen molar-refractivity contribution in [3.05, 3.63) is 52.1 Å². The Morgan fingerprint density at radius 3 is 2.80 bits per heavy atom. The lowest BCUT2D eigenvalue weighted by Gasteiger charge is -2.14. The summed E-state index contributed by atoms with van der Waals surface area (Å²) in [6.07, 6.45) is 1.76. The summed E-state index contributed by atoms with van der Waals surface area (Å²) in [6, 6.07) is 4.21. The van der Waals surface area contributed by atoms with E-state index in [1.165, 1.54) is 18.2 Å². The number of methoxy groups -OCH3 is 1. The van der Waals surface area contributed by atoms with Crippen LogP contribution in [0.2, 0.25) is 5.02 Å². The van der Waals surface area contributed by atoms with E-state index in [1.807, 2.05) is 13.8 Å². The molecular formula is C15H16ClFN2O. The van der Waals surface area contributed by atoms with Crippen molar-refractivity contribution >= 4 is 17.3 Å². The van der Waals surface area contributed by atoms with Gasteiger partial charge in [0.2, 0.25) is 0 Å². The quantitative estimate of drug-likeness (QED) is 0.921. The van der Waals surface area contributed by atoms with Gasteiger partial charge in [-0.25, -0.2) is 4.39 Å². The molecule has 0 amide bonds. The fraction of sp³-hybridized carbons (Fsp3) is 0.267. The molecule has 5 heteroatoms. The molecule has 2 rings (SSSR count). The molecule has 0 aliphatic rings. The highest BCUT2D eigenvalue weighted by molar-refractivity contribution is 6.33. The van der Waals surface area contributed by atoms with E-state index >= 15 is 0 Å². The molecule has 106 valence electrons. The molecule has 0 radical (unpaired) electrons. The molecule has 1 aromatic carbocycles. The summed E-state index contributed by atoms with van der Waals surface area (Å²) in [6.45, 7) is 4.34. The van der Waals surface area contributed by atoms with Crippen molar-refractivity contribution in [1.29, 1.82) is 0 Å². The van der Waals surface area contributed by atoms with Gasteiger partial charge in [-0.15, -0.1) is 0 Å². The van der Waals surface area contributed by atoms with E-state index in [4.69, 9.17) is 16.3 Å².